The minimum atomic E-state index is -0.0266. The second kappa shape index (κ2) is 5.58. The van der Waals surface area contributed by atoms with Crippen LogP contribution < -0.4 is 0 Å². The monoisotopic (exact) mass is 221 g/mol. The van der Waals surface area contributed by atoms with E-state index in [2.05, 4.69) is 29.8 Å². The van der Waals surface area contributed by atoms with E-state index in [0.29, 0.717) is 0 Å². The minimum absolute atomic E-state index is 0.0266. The number of amides is 1. The highest BCUT2D eigenvalue weighted by Gasteiger charge is 2.02. The van der Waals surface area contributed by atoms with E-state index in [1.807, 2.05) is 0 Å². The summed E-state index contributed by atoms with van der Waals surface area (Å²) < 4.78 is 0. The molecule has 1 amide bonds. The quantitative estimate of drug-likeness (QED) is 0.529. The molecule has 0 N–H and O–H groups in total. The second-order valence-electron chi connectivity index (χ2n) is 3.21. The molecule has 0 saturated carbocycles. The molecule has 0 fully saturated rings. The summed E-state index contributed by atoms with van der Waals surface area (Å²) in [4.78, 5) is 12.3. The Kier molecular flexibility index (Phi) is 5.56. The highest BCUT2D eigenvalue weighted by atomic mass is 79.9. The van der Waals surface area contributed by atoms with Gasteiger partial charge in [0, 0.05) is 29.5 Å². The molecule has 0 radical (unpaired) electrons. The standard InChI is InChI=1S/C8H16BrNO/c1-7(2)5-4-6-10(3)8(9)11/h7H,4-6H2,1-3H3. The third-order valence-electron chi connectivity index (χ3n) is 1.58. The molecular formula is C8H16BrNO. The van der Waals surface area contributed by atoms with Gasteiger partial charge in [0.2, 0.25) is 0 Å². The number of hydrogen-bond acceptors (Lipinski definition) is 1. The molecule has 2 nitrogen and oxygen atoms in total. The first kappa shape index (κ1) is 11.0. The van der Waals surface area contributed by atoms with Gasteiger partial charge >= 0.3 is 0 Å². The lowest BCUT2D eigenvalue weighted by Gasteiger charge is -2.13. The number of halogens is 1. The lowest BCUT2D eigenvalue weighted by molar-refractivity contribution is 0.233. The zero-order valence-corrected chi connectivity index (χ0v) is 9.02. The van der Waals surface area contributed by atoms with Crippen molar-refractivity contribution >= 4 is 20.7 Å². The second-order valence-corrected chi connectivity index (χ2v) is 3.89. The van der Waals surface area contributed by atoms with E-state index >= 15 is 0 Å². The molecule has 0 heterocycles. The Balaban J connectivity index is 3.31. The van der Waals surface area contributed by atoms with Crippen molar-refractivity contribution in [3.63, 3.8) is 0 Å². The normalized spacial score (nSPS) is 10.3. The van der Waals surface area contributed by atoms with Crippen molar-refractivity contribution in [2.45, 2.75) is 26.7 Å². The van der Waals surface area contributed by atoms with Gasteiger partial charge in [-0.2, -0.15) is 0 Å². The lowest BCUT2D eigenvalue weighted by atomic mass is 10.1. The fourth-order valence-corrected chi connectivity index (χ4v) is 1.00. The van der Waals surface area contributed by atoms with Crippen LogP contribution >= 0.6 is 15.9 Å². The summed E-state index contributed by atoms with van der Waals surface area (Å²) in [6, 6.07) is 0. The third-order valence-corrected chi connectivity index (χ3v) is 2.18. The summed E-state index contributed by atoms with van der Waals surface area (Å²) in [5.41, 5.74) is 0. The maximum Gasteiger partial charge on any atom is 0.289 e. The van der Waals surface area contributed by atoms with E-state index in [4.69, 9.17) is 0 Å². The van der Waals surface area contributed by atoms with Gasteiger partial charge in [-0.25, -0.2) is 0 Å². The first-order valence-electron chi connectivity index (χ1n) is 3.94. The number of carbonyl (C=O) groups is 1. The van der Waals surface area contributed by atoms with Gasteiger partial charge in [-0.05, 0) is 18.8 Å². The molecular weight excluding hydrogens is 206 g/mol. The van der Waals surface area contributed by atoms with E-state index in [1.165, 1.54) is 6.42 Å². The molecule has 0 saturated heterocycles. The van der Waals surface area contributed by atoms with Crippen LogP contribution in [0.4, 0.5) is 4.79 Å². The molecule has 0 spiro atoms. The maximum absolute atomic E-state index is 10.7. The Morgan fingerprint density at radius 2 is 2.09 bits per heavy atom. The van der Waals surface area contributed by atoms with Crippen LogP contribution in [0.1, 0.15) is 26.7 Å². The average molecular weight is 222 g/mol. The maximum atomic E-state index is 10.7. The Morgan fingerprint density at radius 1 is 1.55 bits per heavy atom. The van der Waals surface area contributed by atoms with Crippen molar-refractivity contribution < 1.29 is 4.79 Å². The summed E-state index contributed by atoms with van der Waals surface area (Å²) in [5.74, 6) is 0.730. The van der Waals surface area contributed by atoms with Crippen molar-refractivity contribution in [1.82, 2.24) is 4.90 Å². The van der Waals surface area contributed by atoms with Crippen molar-refractivity contribution in [2.75, 3.05) is 13.6 Å². The molecule has 0 aliphatic rings. The van der Waals surface area contributed by atoms with E-state index < -0.39 is 0 Å². The van der Waals surface area contributed by atoms with E-state index in [-0.39, 0.29) is 4.82 Å². The molecule has 0 unspecified atom stereocenters. The molecule has 3 heteroatoms. The first-order chi connectivity index (χ1) is 5.04. The van der Waals surface area contributed by atoms with Gasteiger partial charge in [0.25, 0.3) is 4.82 Å². The van der Waals surface area contributed by atoms with Crippen LogP contribution in [0.25, 0.3) is 0 Å². The molecule has 66 valence electrons. The molecule has 0 aromatic rings. The summed E-state index contributed by atoms with van der Waals surface area (Å²) in [7, 11) is 1.80. The van der Waals surface area contributed by atoms with Crippen LogP contribution in [0.3, 0.4) is 0 Å². The fourth-order valence-electron chi connectivity index (χ4n) is 0.825. The molecule has 0 aromatic heterocycles. The lowest BCUT2D eigenvalue weighted by Crippen LogP contribution is -2.21. The van der Waals surface area contributed by atoms with Crippen LogP contribution in [0, 0.1) is 5.92 Å². The van der Waals surface area contributed by atoms with Gasteiger partial charge in [-0.3, -0.25) is 4.79 Å². The number of nitrogens with zero attached hydrogens (tertiary/aromatic N) is 1. The Morgan fingerprint density at radius 3 is 2.45 bits per heavy atom. The molecule has 0 aliphatic heterocycles. The Labute approximate surface area is 77.1 Å². The molecule has 0 atom stereocenters. The topological polar surface area (TPSA) is 20.3 Å². The summed E-state index contributed by atoms with van der Waals surface area (Å²) >= 11 is 2.89. The number of carbonyl (C=O) groups excluding carboxylic acids is 1. The van der Waals surface area contributed by atoms with Crippen LogP contribution in [0.15, 0.2) is 0 Å². The van der Waals surface area contributed by atoms with Gasteiger partial charge in [0.15, 0.2) is 0 Å². The van der Waals surface area contributed by atoms with Crippen LogP contribution in [0.2, 0.25) is 0 Å². The minimum Gasteiger partial charge on any atom is -0.336 e. The van der Waals surface area contributed by atoms with E-state index in [1.54, 1.807) is 11.9 Å². The van der Waals surface area contributed by atoms with Crippen LogP contribution in [0.5, 0.6) is 0 Å². The van der Waals surface area contributed by atoms with E-state index in [9.17, 15) is 4.79 Å². The Bertz CT molecular complexity index is 125. The van der Waals surface area contributed by atoms with Gasteiger partial charge in [0.1, 0.15) is 0 Å². The van der Waals surface area contributed by atoms with Crippen LogP contribution in [-0.2, 0) is 0 Å². The zero-order valence-electron chi connectivity index (χ0n) is 7.43. The zero-order chi connectivity index (χ0) is 8.85. The largest absolute Gasteiger partial charge is 0.336 e. The van der Waals surface area contributed by atoms with Crippen molar-refractivity contribution in [2.24, 2.45) is 5.92 Å². The molecule has 0 aromatic carbocycles. The van der Waals surface area contributed by atoms with Gasteiger partial charge in [-0.1, -0.05) is 13.8 Å². The average Bonchev–Trinajstić information content (AvgIpc) is 1.86. The van der Waals surface area contributed by atoms with Crippen LogP contribution in [-0.4, -0.2) is 23.3 Å². The third kappa shape index (κ3) is 6.35. The number of hydrogen-bond donors (Lipinski definition) is 0. The summed E-state index contributed by atoms with van der Waals surface area (Å²) in [6.07, 6.45) is 2.27. The summed E-state index contributed by atoms with van der Waals surface area (Å²) in [5, 5.41) is 0. The predicted octanol–water partition coefficient (Wildman–Crippen LogP) is 2.87. The molecule has 0 aliphatic carbocycles. The van der Waals surface area contributed by atoms with Crippen molar-refractivity contribution in [3.8, 4) is 0 Å². The van der Waals surface area contributed by atoms with E-state index in [0.717, 1.165) is 18.9 Å². The summed E-state index contributed by atoms with van der Waals surface area (Å²) in [6.45, 7) is 5.23. The molecule has 0 rings (SSSR count). The fraction of sp³-hybridized carbons (Fsp3) is 0.875. The SMILES string of the molecule is CC(C)CCCN(C)C(=O)Br. The smallest absolute Gasteiger partial charge is 0.289 e. The molecule has 11 heavy (non-hydrogen) atoms. The van der Waals surface area contributed by atoms with Gasteiger partial charge < -0.3 is 4.90 Å². The van der Waals surface area contributed by atoms with Gasteiger partial charge in [0.05, 0.1) is 0 Å². The van der Waals surface area contributed by atoms with Gasteiger partial charge in [-0.15, -0.1) is 0 Å². The van der Waals surface area contributed by atoms with Crippen molar-refractivity contribution in [1.29, 1.82) is 0 Å². The molecule has 0 bridgehead atoms. The highest BCUT2D eigenvalue weighted by Crippen LogP contribution is 2.05. The first-order valence-corrected chi connectivity index (χ1v) is 4.74. The highest BCUT2D eigenvalue weighted by molar-refractivity contribution is 9.18. The Hall–Kier alpha value is -0.0500. The van der Waals surface area contributed by atoms with Crippen molar-refractivity contribution in [3.05, 3.63) is 0 Å². The predicted molar refractivity (Wildman–Crippen MR) is 51.0 cm³/mol. The number of rotatable bonds is 4.